The van der Waals surface area contributed by atoms with Crippen molar-refractivity contribution in [3.05, 3.63) is 0 Å². The minimum Gasteiger partial charge on any atom is -0.480 e. The lowest BCUT2D eigenvalue weighted by Gasteiger charge is -2.34. The second kappa shape index (κ2) is 6.07. The predicted octanol–water partition coefficient (Wildman–Crippen LogP) is -0.619. The molecule has 0 aromatic rings. The fourth-order valence-electron chi connectivity index (χ4n) is 1.46. The summed E-state index contributed by atoms with van der Waals surface area (Å²) in [4.78, 5) is 34.4. The van der Waals surface area contributed by atoms with E-state index in [-0.39, 0.29) is 18.6 Å². The number of carbonyl (C=O) groups is 3. The summed E-state index contributed by atoms with van der Waals surface area (Å²) in [6.07, 6.45) is 3.12. The maximum Gasteiger partial charge on any atom is 0.322 e. The van der Waals surface area contributed by atoms with Crippen molar-refractivity contribution in [3.63, 3.8) is 0 Å². The number of carboxylic acids is 1. The molecule has 1 fully saturated rings. The Hall–Kier alpha value is -1.79. The number of urea groups is 1. The van der Waals surface area contributed by atoms with E-state index in [1.54, 1.807) is 11.9 Å². The van der Waals surface area contributed by atoms with Crippen LogP contribution in [0.2, 0.25) is 0 Å². The molecule has 3 amide bonds. The number of hydrogen-bond donors (Lipinski definition) is 3. The molecule has 0 radical (unpaired) electrons. The molecule has 7 heteroatoms. The van der Waals surface area contributed by atoms with Gasteiger partial charge in [-0.05, 0) is 19.3 Å². The van der Waals surface area contributed by atoms with E-state index in [0.717, 1.165) is 19.3 Å². The molecule has 17 heavy (non-hydrogen) atoms. The second-order valence-corrected chi connectivity index (χ2v) is 4.02. The van der Waals surface area contributed by atoms with Gasteiger partial charge >= 0.3 is 12.0 Å². The summed E-state index contributed by atoms with van der Waals surface area (Å²) in [6.45, 7) is -0.643. The van der Waals surface area contributed by atoms with Crippen LogP contribution in [0.5, 0.6) is 0 Å². The third-order valence-electron chi connectivity index (χ3n) is 2.78. The first kappa shape index (κ1) is 13.3. The molecule has 7 nitrogen and oxygen atoms in total. The minimum absolute atomic E-state index is 0.205. The van der Waals surface area contributed by atoms with E-state index in [4.69, 9.17) is 5.11 Å². The van der Waals surface area contributed by atoms with Gasteiger partial charge in [-0.2, -0.15) is 0 Å². The van der Waals surface area contributed by atoms with Crippen molar-refractivity contribution < 1.29 is 19.5 Å². The largest absolute Gasteiger partial charge is 0.480 e. The molecule has 1 aliphatic rings. The average molecular weight is 243 g/mol. The summed E-state index contributed by atoms with van der Waals surface area (Å²) in [5.74, 6) is -1.63. The number of carboxylic acid groups (broad SMARTS) is 1. The van der Waals surface area contributed by atoms with Crippen molar-refractivity contribution >= 4 is 17.9 Å². The maximum absolute atomic E-state index is 11.5. The van der Waals surface area contributed by atoms with Gasteiger partial charge in [-0.25, -0.2) is 4.79 Å². The van der Waals surface area contributed by atoms with Crippen LogP contribution in [0.3, 0.4) is 0 Å². The van der Waals surface area contributed by atoms with Crippen LogP contribution in [0, 0.1) is 0 Å². The second-order valence-electron chi connectivity index (χ2n) is 4.02. The number of nitrogens with zero attached hydrogens (tertiary/aromatic N) is 1. The monoisotopic (exact) mass is 243 g/mol. The van der Waals surface area contributed by atoms with Crippen molar-refractivity contribution in [1.82, 2.24) is 15.5 Å². The zero-order chi connectivity index (χ0) is 12.8. The predicted molar refractivity (Wildman–Crippen MR) is 59.4 cm³/mol. The summed E-state index contributed by atoms with van der Waals surface area (Å²) in [6, 6.07) is -0.0442. The van der Waals surface area contributed by atoms with E-state index in [1.165, 1.54) is 0 Å². The summed E-state index contributed by atoms with van der Waals surface area (Å²) in [5.41, 5.74) is 0. The zero-order valence-corrected chi connectivity index (χ0v) is 9.73. The van der Waals surface area contributed by atoms with Gasteiger partial charge in [-0.15, -0.1) is 0 Å². The molecule has 0 saturated heterocycles. The van der Waals surface area contributed by atoms with Gasteiger partial charge in [0.2, 0.25) is 5.91 Å². The molecule has 0 aromatic heterocycles. The van der Waals surface area contributed by atoms with Crippen LogP contribution >= 0.6 is 0 Å². The number of aliphatic carboxylic acids is 1. The Morgan fingerprint density at radius 3 is 2.35 bits per heavy atom. The molecule has 1 saturated carbocycles. The van der Waals surface area contributed by atoms with Gasteiger partial charge in [0.1, 0.15) is 6.54 Å². The summed E-state index contributed by atoms with van der Waals surface area (Å²) in [7, 11) is 1.69. The molecule has 0 spiro atoms. The Morgan fingerprint density at radius 2 is 1.88 bits per heavy atom. The molecule has 1 rings (SSSR count). The Balaban J connectivity index is 2.18. The van der Waals surface area contributed by atoms with Crippen molar-refractivity contribution in [2.75, 3.05) is 20.1 Å². The van der Waals surface area contributed by atoms with Gasteiger partial charge < -0.3 is 20.6 Å². The highest BCUT2D eigenvalue weighted by Crippen LogP contribution is 2.23. The third-order valence-corrected chi connectivity index (χ3v) is 2.78. The molecule has 0 heterocycles. The lowest BCUT2D eigenvalue weighted by molar-refractivity contribution is -0.137. The van der Waals surface area contributed by atoms with Crippen molar-refractivity contribution in [3.8, 4) is 0 Å². The number of rotatable bonds is 5. The fourth-order valence-corrected chi connectivity index (χ4v) is 1.46. The van der Waals surface area contributed by atoms with Crippen LogP contribution in [-0.4, -0.2) is 54.1 Å². The normalized spacial score (nSPS) is 14.6. The molecular formula is C10H17N3O4. The van der Waals surface area contributed by atoms with Crippen LogP contribution in [0.15, 0.2) is 0 Å². The third kappa shape index (κ3) is 4.29. The lowest BCUT2D eigenvalue weighted by atomic mass is 9.92. The summed E-state index contributed by atoms with van der Waals surface area (Å²) >= 11 is 0. The van der Waals surface area contributed by atoms with Crippen molar-refractivity contribution in [1.29, 1.82) is 0 Å². The maximum atomic E-state index is 11.5. The van der Waals surface area contributed by atoms with Gasteiger partial charge in [-0.3, -0.25) is 9.59 Å². The molecule has 0 aromatic carbocycles. The van der Waals surface area contributed by atoms with E-state index in [0.29, 0.717) is 0 Å². The van der Waals surface area contributed by atoms with Gasteiger partial charge in [0.05, 0.1) is 6.54 Å². The van der Waals surface area contributed by atoms with Gasteiger partial charge in [-0.1, -0.05) is 0 Å². The first-order valence-corrected chi connectivity index (χ1v) is 5.50. The van der Waals surface area contributed by atoms with Crippen LogP contribution in [0.25, 0.3) is 0 Å². The Kier molecular flexibility index (Phi) is 4.74. The highest BCUT2D eigenvalue weighted by Gasteiger charge is 2.25. The molecule has 0 atom stereocenters. The Bertz CT molecular complexity index is 315. The highest BCUT2D eigenvalue weighted by molar-refractivity contribution is 5.86. The van der Waals surface area contributed by atoms with Crippen LogP contribution in [0.1, 0.15) is 19.3 Å². The number of carbonyl (C=O) groups excluding carboxylic acids is 2. The van der Waals surface area contributed by atoms with Crippen molar-refractivity contribution in [2.45, 2.75) is 25.3 Å². The lowest BCUT2D eigenvalue weighted by Crippen LogP contribution is -2.49. The van der Waals surface area contributed by atoms with Crippen LogP contribution in [0.4, 0.5) is 4.79 Å². The molecule has 1 aliphatic carbocycles. The molecule has 3 N–H and O–H groups in total. The highest BCUT2D eigenvalue weighted by atomic mass is 16.4. The summed E-state index contributed by atoms with van der Waals surface area (Å²) < 4.78 is 0. The smallest absolute Gasteiger partial charge is 0.322 e. The van der Waals surface area contributed by atoms with Crippen LogP contribution < -0.4 is 10.6 Å². The zero-order valence-electron chi connectivity index (χ0n) is 9.73. The van der Waals surface area contributed by atoms with Crippen molar-refractivity contribution in [2.24, 2.45) is 0 Å². The topological polar surface area (TPSA) is 98.7 Å². The number of hydrogen-bond acceptors (Lipinski definition) is 3. The first-order chi connectivity index (χ1) is 8.00. The molecule has 0 bridgehead atoms. The van der Waals surface area contributed by atoms with Crippen LogP contribution in [-0.2, 0) is 9.59 Å². The summed E-state index contributed by atoms with van der Waals surface area (Å²) in [5, 5.41) is 12.9. The fraction of sp³-hybridized carbons (Fsp3) is 0.700. The average Bonchev–Trinajstić information content (AvgIpc) is 2.20. The van der Waals surface area contributed by atoms with Gasteiger partial charge in [0, 0.05) is 13.1 Å². The molecule has 0 unspecified atom stereocenters. The quantitative estimate of drug-likeness (QED) is 0.599. The van der Waals surface area contributed by atoms with Gasteiger partial charge in [0.15, 0.2) is 0 Å². The van der Waals surface area contributed by atoms with E-state index < -0.39 is 18.4 Å². The molecule has 0 aliphatic heterocycles. The minimum atomic E-state index is -1.11. The Labute approximate surface area is 99.2 Å². The molecule has 96 valence electrons. The standard InChI is InChI=1S/C10H17N3O4/c1-13(7-3-2-4-7)10(17)12-5-8(14)11-6-9(15)16/h7H,2-6H2,1H3,(H,11,14)(H,12,17)(H,15,16). The number of nitrogens with one attached hydrogen (secondary N) is 2. The van der Waals surface area contributed by atoms with E-state index in [2.05, 4.69) is 10.6 Å². The van der Waals surface area contributed by atoms with E-state index >= 15 is 0 Å². The van der Waals surface area contributed by atoms with Gasteiger partial charge in [0.25, 0.3) is 0 Å². The van der Waals surface area contributed by atoms with E-state index in [9.17, 15) is 14.4 Å². The molecular weight excluding hydrogens is 226 g/mol. The number of amides is 3. The SMILES string of the molecule is CN(C(=O)NCC(=O)NCC(=O)O)C1CCC1. The van der Waals surface area contributed by atoms with E-state index in [1.807, 2.05) is 0 Å². The Morgan fingerprint density at radius 1 is 1.24 bits per heavy atom. The first-order valence-electron chi connectivity index (χ1n) is 5.50.